The average molecular weight is 318 g/mol. The van der Waals surface area contributed by atoms with Gasteiger partial charge in [0.05, 0.1) is 0 Å². The van der Waals surface area contributed by atoms with Crippen molar-refractivity contribution in [2.24, 2.45) is 0 Å². The van der Waals surface area contributed by atoms with Crippen LogP contribution in [0.5, 0.6) is 0 Å². The molecule has 0 radical (unpaired) electrons. The quantitative estimate of drug-likeness (QED) is 0.848. The Morgan fingerprint density at radius 3 is 2.77 bits per heavy atom. The minimum atomic E-state index is -3.42. The lowest BCUT2D eigenvalue weighted by molar-refractivity contribution is 0.591. The molecule has 1 N–H and O–H groups in total. The van der Waals surface area contributed by atoms with Crippen LogP contribution >= 0.6 is 0 Å². The summed E-state index contributed by atoms with van der Waals surface area (Å²) in [5.74, 6) is 0.645. The van der Waals surface area contributed by atoms with E-state index in [1.807, 2.05) is 24.3 Å². The number of aryl methyl sites for hydroxylation is 1. The number of anilines is 2. The van der Waals surface area contributed by atoms with Crippen LogP contribution in [0.25, 0.3) is 0 Å². The second-order valence-electron chi connectivity index (χ2n) is 5.43. The zero-order valence-electron chi connectivity index (χ0n) is 12.6. The summed E-state index contributed by atoms with van der Waals surface area (Å²) in [4.78, 5) is 10.3. The minimum absolute atomic E-state index is 0.118. The number of para-hydroxylation sites is 1. The first kappa shape index (κ1) is 14.8. The van der Waals surface area contributed by atoms with Gasteiger partial charge >= 0.3 is 0 Å². The maximum atomic E-state index is 11.7. The van der Waals surface area contributed by atoms with Gasteiger partial charge in [-0.25, -0.2) is 18.4 Å². The summed E-state index contributed by atoms with van der Waals surface area (Å²) in [5, 5.41) is 3.26. The van der Waals surface area contributed by atoms with Crippen LogP contribution in [0.2, 0.25) is 0 Å². The lowest BCUT2D eigenvalue weighted by atomic mass is 10.1. The SMILES string of the molecule is Cc1cc(N2CCNc3ccccc3C2)nc(S(C)(=O)=O)n1. The van der Waals surface area contributed by atoms with Crippen LogP contribution in [0.4, 0.5) is 11.5 Å². The maximum absolute atomic E-state index is 11.7. The van der Waals surface area contributed by atoms with Gasteiger partial charge in [-0.15, -0.1) is 0 Å². The van der Waals surface area contributed by atoms with Crippen LogP contribution in [0.3, 0.4) is 0 Å². The predicted molar refractivity (Wildman–Crippen MR) is 85.9 cm³/mol. The molecule has 0 aliphatic carbocycles. The first-order valence-electron chi connectivity index (χ1n) is 7.06. The molecule has 2 heterocycles. The van der Waals surface area contributed by atoms with E-state index in [0.29, 0.717) is 18.1 Å². The summed E-state index contributed by atoms with van der Waals surface area (Å²) >= 11 is 0. The van der Waals surface area contributed by atoms with Gasteiger partial charge in [0.25, 0.3) is 0 Å². The van der Waals surface area contributed by atoms with E-state index in [-0.39, 0.29) is 5.16 Å². The number of benzene rings is 1. The first-order chi connectivity index (χ1) is 10.4. The Bertz CT molecular complexity index is 805. The molecule has 0 amide bonds. The fourth-order valence-electron chi connectivity index (χ4n) is 2.49. The molecular formula is C15H18N4O2S. The van der Waals surface area contributed by atoms with E-state index >= 15 is 0 Å². The van der Waals surface area contributed by atoms with Gasteiger partial charge in [0.1, 0.15) is 5.82 Å². The molecule has 0 atom stereocenters. The normalized spacial score (nSPS) is 14.9. The molecule has 0 bridgehead atoms. The zero-order valence-corrected chi connectivity index (χ0v) is 13.4. The number of aromatic nitrogens is 2. The molecule has 6 nitrogen and oxygen atoms in total. The molecule has 1 aromatic heterocycles. The van der Waals surface area contributed by atoms with E-state index < -0.39 is 9.84 Å². The predicted octanol–water partition coefficient (Wildman–Crippen LogP) is 1.62. The molecule has 0 spiro atoms. The highest BCUT2D eigenvalue weighted by molar-refractivity contribution is 7.90. The molecule has 2 aromatic rings. The molecule has 0 saturated carbocycles. The molecular weight excluding hydrogens is 300 g/mol. The van der Waals surface area contributed by atoms with Crippen molar-refractivity contribution in [3.05, 3.63) is 41.6 Å². The van der Waals surface area contributed by atoms with E-state index in [2.05, 4.69) is 26.3 Å². The van der Waals surface area contributed by atoms with Crippen molar-refractivity contribution < 1.29 is 8.42 Å². The van der Waals surface area contributed by atoms with Gasteiger partial charge in [-0.3, -0.25) is 0 Å². The molecule has 1 aliphatic rings. The van der Waals surface area contributed by atoms with Gasteiger partial charge < -0.3 is 10.2 Å². The second kappa shape index (κ2) is 5.57. The Balaban J connectivity index is 1.99. The lowest BCUT2D eigenvalue weighted by Crippen LogP contribution is -2.27. The Hall–Kier alpha value is -2.15. The number of hydrogen-bond acceptors (Lipinski definition) is 6. The van der Waals surface area contributed by atoms with Crippen LogP contribution in [0.1, 0.15) is 11.3 Å². The van der Waals surface area contributed by atoms with Crippen molar-refractivity contribution in [3.63, 3.8) is 0 Å². The number of hydrogen-bond donors (Lipinski definition) is 1. The number of nitrogens with one attached hydrogen (secondary N) is 1. The fraction of sp³-hybridized carbons (Fsp3) is 0.333. The summed E-state index contributed by atoms with van der Waals surface area (Å²) in [6.45, 7) is 3.98. The molecule has 3 rings (SSSR count). The fourth-order valence-corrected chi connectivity index (χ4v) is 3.06. The third kappa shape index (κ3) is 3.04. The van der Waals surface area contributed by atoms with Gasteiger partial charge in [0.15, 0.2) is 0 Å². The molecule has 22 heavy (non-hydrogen) atoms. The largest absolute Gasteiger partial charge is 0.383 e. The summed E-state index contributed by atoms with van der Waals surface area (Å²) in [5.41, 5.74) is 2.92. The van der Waals surface area contributed by atoms with Crippen molar-refractivity contribution in [2.45, 2.75) is 18.6 Å². The van der Waals surface area contributed by atoms with Gasteiger partial charge in [-0.2, -0.15) is 0 Å². The van der Waals surface area contributed by atoms with E-state index in [1.165, 1.54) is 0 Å². The second-order valence-corrected chi connectivity index (χ2v) is 7.34. The Morgan fingerprint density at radius 2 is 2.00 bits per heavy atom. The summed E-state index contributed by atoms with van der Waals surface area (Å²) < 4.78 is 23.5. The summed E-state index contributed by atoms with van der Waals surface area (Å²) in [6, 6.07) is 9.93. The third-order valence-corrected chi connectivity index (χ3v) is 4.40. The highest BCUT2D eigenvalue weighted by Crippen LogP contribution is 2.24. The van der Waals surface area contributed by atoms with Crippen molar-refractivity contribution in [1.29, 1.82) is 0 Å². The Morgan fingerprint density at radius 1 is 1.23 bits per heavy atom. The van der Waals surface area contributed by atoms with Gasteiger partial charge in [0.2, 0.25) is 15.0 Å². The molecule has 0 saturated heterocycles. The van der Waals surface area contributed by atoms with Crippen molar-refractivity contribution in [3.8, 4) is 0 Å². The minimum Gasteiger partial charge on any atom is -0.383 e. The van der Waals surface area contributed by atoms with Crippen molar-refractivity contribution in [1.82, 2.24) is 9.97 Å². The zero-order chi connectivity index (χ0) is 15.7. The van der Waals surface area contributed by atoms with Crippen molar-refractivity contribution in [2.75, 3.05) is 29.6 Å². The van der Waals surface area contributed by atoms with E-state index in [1.54, 1.807) is 6.92 Å². The number of nitrogens with zero attached hydrogens (tertiary/aromatic N) is 3. The number of rotatable bonds is 2. The first-order valence-corrected chi connectivity index (χ1v) is 8.95. The molecule has 7 heteroatoms. The van der Waals surface area contributed by atoms with E-state index in [4.69, 9.17) is 0 Å². The van der Waals surface area contributed by atoms with Gasteiger partial charge in [0, 0.05) is 43.3 Å². The van der Waals surface area contributed by atoms with Crippen LogP contribution in [-0.4, -0.2) is 37.7 Å². The van der Waals surface area contributed by atoms with Crippen molar-refractivity contribution >= 4 is 21.3 Å². The van der Waals surface area contributed by atoms with E-state index in [9.17, 15) is 8.42 Å². The molecule has 1 aromatic carbocycles. The van der Waals surface area contributed by atoms with Gasteiger partial charge in [-0.05, 0) is 18.6 Å². The van der Waals surface area contributed by atoms with Gasteiger partial charge in [-0.1, -0.05) is 18.2 Å². The smallest absolute Gasteiger partial charge is 0.248 e. The number of fused-ring (bicyclic) bond motifs is 1. The monoisotopic (exact) mass is 318 g/mol. The standard InChI is InChI=1S/C15H18N4O2S/c1-11-9-14(18-15(17-11)22(2,20)21)19-8-7-16-13-6-4-3-5-12(13)10-19/h3-6,9,16H,7-8,10H2,1-2H3. The highest BCUT2D eigenvalue weighted by atomic mass is 32.2. The molecule has 1 aliphatic heterocycles. The van der Waals surface area contributed by atoms with Crippen LogP contribution < -0.4 is 10.2 Å². The average Bonchev–Trinajstić information content (AvgIpc) is 2.68. The molecule has 0 unspecified atom stereocenters. The van der Waals surface area contributed by atoms with Crippen LogP contribution in [0, 0.1) is 6.92 Å². The lowest BCUT2D eigenvalue weighted by Gasteiger charge is -2.22. The van der Waals surface area contributed by atoms with Crippen LogP contribution in [-0.2, 0) is 16.4 Å². The number of sulfone groups is 1. The Kier molecular flexibility index (Phi) is 3.74. The highest BCUT2D eigenvalue weighted by Gasteiger charge is 2.19. The molecule has 0 fully saturated rings. The third-order valence-electron chi connectivity index (χ3n) is 3.55. The maximum Gasteiger partial charge on any atom is 0.248 e. The topological polar surface area (TPSA) is 75.2 Å². The summed E-state index contributed by atoms with van der Waals surface area (Å²) in [7, 11) is -3.42. The summed E-state index contributed by atoms with van der Waals surface area (Å²) in [6.07, 6.45) is 1.13. The molecule has 116 valence electrons. The van der Waals surface area contributed by atoms with Crippen LogP contribution in [0.15, 0.2) is 35.5 Å². The Labute approximate surface area is 130 Å². The van der Waals surface area contributed by atoms with E-state index in [0.717, 1.165) is 30.6 Å².